The van der Waals surface area contributed by atoms with Crippen LogP contribution in [0.25, 0.3) is 11.3 Å². The standard InChI is InChI=1S/C14H10ClFN4/c15-13-10(7-17)12(9-3-1-2-4-11(9)16)19-14(20-13)18-8-5-6-8/h1-4,8H,5-6H2,(H,18,19,20). The maximum Gasteiger partial charge on any atom is 0.224 e. The minimum atomic E-state index is -0.448. The number of nitrogens with zero attached hydrogens (tertiary/aromatic N) is 3. The Balaban J connectivity index is 2.14. The number of anilines is 1. The molecule has 0 unspecified atom stereocenters. The minimum Gasteiger partial charge on any atom is -0.351 e. The topological polar surface area (TPSA) is 61.6 Å². The van der Waals surface area contributed by atoms with E-state index in [-0.39, 0.29) is 22.0 Å². The molecule has 4 nitrogen and oxygen atoms in total. The number of hydrogen-bond donors (Lipinski definition) is 1. The van der Waals surface area contributed by atoms with Gasteiger partial charge in [0.2, 0.25) is 5.95 Å². The SMILES string of the molecule is N#Cc1c(Cl)nc(NC2CC2)nc1-c1ccccc1F. The van der Waals surface area contributed by atoms with Gasteiger partial charge in [-0.1, -0.05) is 23.7 Å². The Morgan fingerprint density at radius 1 is 1.30 bits per heavy atom. The summed E-state index contributed by atoms with van der Waals surface area (Å²) < 4.78 is 13.9. The summed E-state index contributed by atoms with van der Waals surface area (Å²) in [5, 5.41) is 12.3. The predicted octanol–water partition coefficient (Wildman–Crippen LogP) is 3.38. The summed E-state index contributed by atoms with van der Waals surface area (Å²) >= 11 is 6.00. The predicted molar refractivity (Wildman–Crippen MR) is 73.8 cm³/mol. The zero-order valence-electron chi connectivity index (χ0n) is 10.4. The van der Waals surface area contributed by atoms with Crippen molar-refractivity contribution < 1.29 is 4.39 Å². The fourth-order valence-corrected chi connectivity index (χ4v) is 2.07. The molecule has 100 valence electrons. The van der Waals surface area contributed by atoms with Crippen molar-refractivity contribution in [3.8, 4) is 17.3 Å². The average molecular weight is 289 g/mol. The van der Waals surface area contributed by atoms with Crippen molar-refractivity contribution in [2.75, 3.05) is 5.32 Å². The van der Waals surface area contributed by atoms with Crippen LogP contribution in [0.3, 0.4) is 0 Å². The molecule has 0 atom stereocenters. The van der Waals surface area contributed by atoms with E-state index in [2.05, 4.69) is 15.3 Å². The number of hydrogen-bond acceptors (Lipinski definition) is 4. The lowest BCUT2D eigenvalue weighted by Crippen LogP contribution is -2.08. The number of aromatic nitrogens is 2. The maximum absolute atomic E-state index is 13.9. The third-order valence-corrected chi connectivity index (χ3v) is 3.29. The van der Waals surface area contributed by atoms with Gasteiger partial charge in [0.25, 0.3) is 0 Å². The monoisotopic (exact) mass is 288 g/mol. The molecule has 1 aromatic carbocycles. The average Bonchev–Trinajstić information content (AvgIpc) is 3.22. The molecule has 1 saturated carbocycles. The Labute approximate surface area is 120 Å². The van der Waals surface area contributed by atoms with E-state index in [0.29, 0.717) is 12.0 Å². The summed E-state index contributed by atoms with van der Waals surface area (Å²) in [6.07, 6.45) is 2.10. The maximum atomic E-state index is 13.9. The lowest BCUT2D eigenvalue weighted by atomic mass is 10.1. The van der Waals surface area contributed by atoms with Crippen molar-refractivity contribution in [3.05, 3.63) is 40.8 Å². The van der Waals surface area contributed by atoms with Crippen molar-refractivity contribution in [2.24, 2.45) is 0 Å². The first-order valence-corrected chi connectivity index (χ1v) is 6.56. The van der Waals surface area contributed by atoms with Crippen molar-refractivity contribution in [2.45, 2.75) is 18.9 Å². The molecule has 1 aliphatic rings. The summed E-state index contributed by atoms with van der Waals surface area (Å²) in [7, 11) is 0. The smallest absolute Gasteiger partial charge is 0.224 e. The van der Waals surface area contributed by atoms with Gasteiger partial charge in [-0.25, -0.2) is 9.37 Å². The summed E-state index contributed by atoms with van der Waals surface area (Å²) in [5.74, 6) is -0.120. The number of benzene rings is 1. The van der Waals surface area contributed by atoms with Gasteiger partial charge in [0.15, 0.2) is 5.15 Å². The van der Waals surface area contributed by atoms with E-state index in [1.165, 1.54) is 6.07 Å². The van der Waals surface area contributed by atoms with Gasteiger partial charge in [-0.15, -0.1) is 0 Å². The van der Waals surface area contributed by atoms with Crippen LogP contribution in [0.2, 0.25) is 5.15 Å². The number of nitrogens with one attached hydrogen (secondary N) is 1. The van der Waals surface area contributed by atoms with Gasteiger partial charge in [-0.3, -0.25) is 0 Å². The van der Waals surface area contributed by atoms with Gasteiger partial charge in [0.1, 0.15) is 17.4 Å². The third kappa shape index (κ3) is 2.43. The van der Waals surface area contributed by atoms with Crippen LogP contribution in [0.5, 0.6) is 0 Å². The fraction of sp³-hybridized carbons (Fsp3) is 0.214. The van der Waals surface area contributed by atoms with Crippen LogP contribution in [0.15, 0.2) is 24.3 Å². The zero-order valence-corrected chi connectivity index (χ0v) is 11.2. The number of nitriles is 1. The van der Waals surface area contributed by atoms with Gasteiger partial charge < -0.3 is 5.32 Å². The normalized spacial score (nSPS) is 13.8. The number of halogens is 2. The third-order valence-electron chi connectivity index (χ3n) is 3.02. The quantitative estimate of drug-likeness (QED) is 0.880. The van der Waals surface area contributed by atoms with E-state index in [1.807, 2.05) is 6.07 Å². The molecular weight excluding hydrogens is 279 g/mol. The summed E-state index contributed by atoms with van der Waals surface area (Å²) in [5.41, 5.74) is 0.541. The van der Waals surface area contributed by atoms with Gasteiger partial charge in [0, 0.05) is 11.6 Å². The lowest BCUT2D eigenvalue weighted by Gasteiger charge is -2.09. The highest BCUT2D eigenvalue weighted by molar-refractivity contribution is 6.31. The second-order valence-electron chi connectivity index (χ2n) is 4.57. The van der Waals surface area contributed by atoms with Crippen LogP contribution in [0, 0.1) is 17.1 Å². The first-order valence-electron chi connectivity index (χ1n) is 6.18. The molecule has 0 radical (unpaired) electrons. The van der Waals surface area contributed by atoms with Crippen LogP contribution < -0.4 is 5.32 Å². The molecular formula is C14H10ClFN4. The molecule has 2 aromatic rings. The van der Waals surface area contributed by atoms with Crippen LogP contribution in [0.4, 0.5) is 10.3 Å². The van der Waals surface area contributed by atoms with Crippen LogP contribution >= 0.6 is 11.6 Å². The molecule has 0 saturated heterocycles. The van der Waals surface area contributed by atoms with Crippen LogP contribution in [-0.4, -0.2) is 16.0 Å². The molecule has 1 N–H and O–H groups in total. The zero-order chi connectivity index (χ0) is 14.1. The minimum absolute atomic E-state index is 0.0314. The molecule has 0 amide bonds. The van der Waals surface area contributed by atoms with Crippen molar-refractivity contribution in [1.29, 1.82) is 5.26 Å². The Kier molecular flexibility index (Phi) is 3.25. The lowest BCUT2D eigenvalue weighted by molar-refractivity contribution is 0.630. The van der Waals surface area contributed by atoms with Crippen LogP contribution in [-0.2, 0) is 0 Å². The van der Waals surface area contributed by atoms with Crippen molar-refractivity contribution >= 4 is 17.5 Å². The Hall–Kier alpha value is -2.19. The fourth-order valence-electron chi connectivity index (χ4n) is 1.86. The second kappa shape index (κ2) is 5.06. The molecule has 20 heavy (non-hydrogen) atoms. The van der Waals surface area contributed by atoms with E-state index in [1.54, 1.807) is 18.2 Å². The Morgan fingerprint density at radius 2 is 2.05 bits per heavy atom. The van der Waals surface area contributed by atoms with E-state index < -0.39 is 5.82 Å². The van der Waals surface area contributed by atoms with Gasteiger partial charge >= 0.3 is 0 Å². The highest BCUT2D eigenvalue weighted by atomic mass is 35.5. The summed E-state index contributed by atoms with van der Waals surface area (Å²) in [4.78, 5) is 8.28. The van der Waals surface area contributed by atoms with Gasteiger partial charge in [-0.2, -0.15) is 10.2 Å². The highest BCUT2D eigenvalue weighted by Crippen LogP contribution is 2.30. The largest absolute Gasteiger partial charge is 0.351 e. The summed E-state index contributed by atoms with van der Waals surface area (Å²) in [6, 6.07) is 8.42. The molecule has 1 fully saturated rings. The molecule has 0 spiro atoms. The first kappa shape index (κ1) is 12.8. The van der Waals surface area contributed by atoms with Gasteiger partial charge in [-0.05, 0) is 25.0 Å². The second-order valence-corrected chi connectivity index (χ2v) is 4.93. The molecule has 1 aliphatic carbocycles. The molecule has 0 aliphatic heterocycles. The number of rotatable bonds is 3. The molecule has 0 bridgehead atoms. The van der Waals surface area contributed by atoms with Crippen LogP contribution in [0.1, 0.15) is 18.4 Å². The molecule has 1 aromatic heterocycles. The van der Waals surface area contributed by atoms with Crippen molar-refractivity contribution in [1.82, 2.24) is 9.97 Å². The van der Waals surface area contributed by atoms with Crippen molar-refractivity contribution in [3.63, 3.8) is 0 Å². The van der Waals surface area contributed by atoms with E-state index in [0.717, 1.165) is 12.8 Å². The molecule has 6 heteroatoms. The van der Waals surface area contributed by atoms with E-state index in [4.69, 9.17) is 11.6 Å². The van der Waals surface area contributed by atoms with E-state index in [9.17, 15) is 9.65 Å². The first-order chi connectivity index (χ1) is 9.69. The van der Waals surface area contributed by atoms with E-state index >= 15 is 0 Å². The highest BCUT2D eigenvalue weighted by Gasteiger charge is 2.24. The van der Waals surface area contributed by atoms with Gasteiger partial charge in [0.05, 0.1) is 5.69 Å². The Bertz CT molecular complexity index is 707. The Morgan fingerprint density at radius 3 is 2.70 bits per heavy atom. The molecule has 3 rings (SSSR count). The molecule has 1 heterocycles. The summed E-state index contributed by atoms with van der Waals surface area (Å²) in [6.45, 7) is 0.